The highest BCUT2D eigenvalue weighted by molar-refractivity contribution is 5.94. The van der Waals surface area contributed by atoms with E-state index in [9.17, 15) is 9.59 Å². The fourth-order valence-corrected chi connectivity index (χ4v) is 1.30. The van der Waals surface area contributed by atoms with Gasteiger partial charge in [-0.25, -0.2) is 0 Å². The number of aliphatic hydroxyl groups is 1. The fraction of sp³-hybridized carbons (Fsp3) is 0.273. The molecule has 4 N–H and O–H groups in total. The first kappa shape index (κ1) is 12.2. The Labute approximate surface area is 93.3 Å². The summed E-state index contributed by atoms with van der Waals surface area (Å²) in [5, 5.41) is 11.1. The third-order valence-electron chi connectivity index (χ3n) is 2.10. The van der Waals surface area contributed by atoms with Crippen LogP contribution in [0.2, 0.25) is 0 Å². The lowest BCUT2D eigenvalue weighted by atomic mass is 10.1. The second kappa shape index (κ2) is 5.87. The summed E-state index contributed by atoms with van der Waals surface area (Å²) in [6, 6.07) is 6.80. The summed E-state index contributed by atoms with van der Waals surface area (Å²) >= 11 is 0. The number of hydrogen-bond acceptors (Lipinski definition) is 3. The van der Waals surface area contributed by atoms with Gasteiger partial charge in [-0.15, -0.1) is 0 Å². The van der Waals surface area contributed by atoms with Crippen LogP contribution < -0.4 is 11.1 Å². The minimum Gasteiger partial charge on any atom is -0.396 e. The highest BCUT2D eigenvalue weighted by Crippen LogP contribution is 2.07. The van der Waals surface area contributed by atoms with E-state index < -0.39 is 5.91 Å². The number of primary amides is 1. The largest absolute Gasteiger partial charge is 0.396 e. The Bertz CT molecular complexity index is 391. The number of amides is 2. The zero-order valence-corrected chi connectivity index (χ0v) is 8.77. The topological polar surface area (TPSA) is 92.4 Å². The molecule has 0 aromatic heterocycles. The maximum Gasteiger partial charge on any atom is 0.249 e. The van der Waals surface area contributed by atoms with Gasteiger partial charge < -0.3 is 16.2 Å². The number of carbonyl (C=O) groups excluding carboxylic acids is 2. The molecule has 0 saturated heterocycles. The molecule has 0 fully saturated rings. The first-order valence-corrected chi connectivity index (χ1v) is 4.90. The minimum atomic E-state index is -0.521. The molecule has 1 aromatic rings. The number of benzene rings is 1. The molecule has 16 heavy (non-hydrogen) atoms. The van der Waals surface area contributed by atoms with Crippen molar-refractivity contribution in [2.24, 2.45) is 5.73 Å². The molecule has 0 heterocycles. The first-order valence-electron chi connectivity index (χ1n) is 4.90. The van der Waals surface area contributed by atoms with Crippen molar-refractivity contribution in [2.75, 3.05) is 6.61 Å². The Kier molecular flexibility index (Phi) is 4.47. The van der Waals surface area contributed by atoms with Crippen LogP contribution in [-0.2, 0) is 11.3 Å². The molecule has 0 bridgehead atoms. The smallest absolute Gasteiger partial charge is 0.249 e. The van der Waals surface area contributed by atoms with Gasteiger partial charge in [0.2, 0.25) is 11.8 Å². The number of hydrogen-bond donors (Lipinski definition) is 3. The van der Waals surface area contributed by atoms with Crippen molar-refractivity contribution in [1.82, 2.24) is 5.32 Å². The maximum atomic E-state index is 11.1. The van der Waals surface area contributed by atoms with Crippen LogP contribution in [0.1, 0.15) is 22.3 Å². The number of carbonyl (C=O) groups is 2. The minimum absolute atomic E-state index is 0.0543. The molecule has 5 nitrogen and oxygen atoms in total. The Morgan fingerprint density at radius 2 is 2.00 bits per heavy atom. The van der Waals surface area contributed by atoms with Crippen molar-refractivity contribution in [3.8, 4) is 0 Å². The molecule has 5 heteroatoms. The van der Waals surface area contributed by atoms with Crippen LogP contribution in [0.5, 0.6) is 0 Å². The zero-order valence-electron chi connectivity index (χ0n) is 8.77. The Hall–Kier alpha value is -1.88. The lowest BCUT2D eigenvalue weighted by Gasteiger charge is -2.07. The van der Waals surface area contributed by atoms with Crippen molar-refractivity contribution >= 4 is 11.8 Å². The van der Waals surface area contributed by atoms with E-state index in [1.165, 1.54) is 0 Å². The van der Waals surface area contributed by atoms with Gasteiger partial charge in [0.25, 0.3) is 0 Å². The van der Waals surface area contributed by atoms with Gasteiger partial charge >= 0.3 is 0 Å². The predicted octanol–water partition coefficient (Wildman–Crippen LogP) is -0.216. The van der Waals surface area contributed by atoms with E-state index in [0.29, 0.717) is 11.1 Å². The van der Waals surface area contributed by atoms with E-state index in [0.717, 1.165) is 0 Å². The van der Waals surface area contributed by atoms with Crippen LogP contribution in [0, 0.1) is 0 Å². The van der Waals surface area contributed by atoms with E-state index in [2.05, 4.69) is 5.32 Å². The maximum absolute atomic E-state index is 11.1. The molecule has 0 saturated carbocycles. The summed E-state index contributed by atoms with van der Waals surface area (Å²) in [7, 11) is 0. The summed E-state index contributed by atoms with van der Waals surface area (Å²) in [6.07, 6.45) is 0.0543. The summed E-state index contributed by atoms with van der Waals surface area (Å²) < 4.78 is 0. The molecule has 2 amide bonds. The second-order valence-corrected chi connectivity index (χ2v) is 3.27. The van der Waals surface area contributed by atoms with Gasteiger partial charge in [-0.3, -0.25) is 9.59 Å². The number of aliphatic hydroxyl groups excluding tert-OH is 1. The summed E-state index contributed by atoms with van der Waals surface area (Å²) in [6.45, 7) is 0.0429. The highest BCUT2D eigenvalue weighted by atomic mass is 16.3. The third kappa shape index (κ3) is 3.36. The Balaban J connectivity index is 2.66. The van der Waals surface area contributed by atoms with Crippen LogP contribution in [0.4, 0.5) is 0 Å². The number of nitrogens with one attached hydrogen (secondary N) is 1. The number of rotatable bonds is 5. The highest BCUT2D eigenvalue weighted by Gasteiger charge is 2.07. The molecule has 86 valence electrons. The van der Waals surface area contributed by atoms with Crippen LogP contribution in [0.3, 0.4) is 0 Å². The molecule has 1 rings (SSSR count). The van der Waals surface area contributed by atoms with E-state index in [4.69, 9.17) is 10.8 Å². The number of nitrogens with two attached hydrogens (primary N) is 1. The van der Waals surface area contributed by atoms with E-state index in [1.807, 2.05) is 0 Å². The molecule has 0 aliphatic carbocycles. The van der Waals surface area contributed by atoms with E-state index >= 15 is 0 Å². The van der Waals surface area contributed by atoms with E-state index in [1.54, 1.807) is 24.3 Å². The van der Waals surface area contributed by atoms with Gasteiger partial charge in [0.15, 0.2) is 0 Å². The van der Waals surface area contributed by atoms with Crippen LogP contribution >= 0.6 is 0 Å². The van der Waals surface area contributed by atoms with Gasteiger partial charge in [-0.2, -0.15) is 0 Å². The van der Waals surface area contributed by atoms with Crippen molar-refractivity contribution in [3.63, 3.8) is 0 Å². The van der Waals surface area contributed by atoms with Gasteiger partial charge in [0, 0.05) is 18.5 Å². The van der Waals surface area contributed by atoms with Gasteiger partial charge in [-0.05, 0) is 11.6 Å². The first-order chi connectivity index (χ1) is 7.65. The molecule has 0 atom stereocenters. The SMILES string of the molecule is NC(=O)c1ccccc1CNC(=O)CCO. The Morgan fingerprint density at radius 1 is 1.31 bits per heavy atom. The molecule has 0 aliphatic heterocycles. The summed E-state index contributed by atoms with van der Waals surface area (Å²) in [5.41, 5.74) is 6.25. The van der Waals surface area contributed by atoms with Crippen LogP contribution in [0.15, 0.2) is 24.3 Å². The molecule has 1 aromatic carbocycles. The summed E-state index contributed by atoms with van der Waals surface area (Å²) in [4.78, 5) is 22.2. The van der Waals surface area contributed by atoms with Gasteiger partial charge in [0.05, 0.1) is 6.61 Å². The molecule has 0 aliphatic rings. The van der Waals surface area contributed by atoms with Crippen LogP contribution in [0.25, 0.3) is 0 Å². The fourth-order valence-electron chi connectivity index (χ4n) is 1.30. The van der Waals surface area contributed by atoms with Gasteiger partial charge in [0.1, 0.15) is 0 Å². The normalized spacial score (nSPS) is 9.81. The molecule has 0 unspecified atom stereocenters. The van der Waals surface area contributed by atoms with Crippen molar-refractivity contribution in [2.45, 2.75) is 13.0 Å². The zero-order chi connectivity index (χ0) is 12.0. The predicted molar refractivity (Wildman–Crippen MR) is 58.5 cm³/mol. The quantitative estimate of drug-likeness (QED) is 0.643. The molecular formula is C11H14N2O3. The molecular weight excluding hydrogens is 208 g/mol. The Morgan fingerprint density at radius 3 is 2.62 bits per heavy atom. The lowest BCUT2D eigenvalue weighted by Crippen LogP contribution is -2.25. The van der Waals surface area contributed by atoms with E-state index in [-0.39, 0.29) is 25.5 Å². The van der Waals surface area contributed by atoms with Crippen molar-refractivity contribution in [1.29, 1.82) is 0 Å². The summed E-state index contributed by atoms with van der Waals surface area (Å²) in [5.74, 6) is -0.784. The average molecular weight is 222 g/mol. The molecule has 0 radical (unpaired) electrons. The standard InChI is InChI=1S/C11H14N2O3/c12-11(16)9-4-2-1-3-8(9)7-13-10(15)5-6-14/h1-4,14H,5-7H2,(H2,12,16)(H,13,15). The van der Waals surface area contributed by atoms with Crippen molar-refractivity contribution < 1.29 is 14.7 Å². The monoisotopic (exact) mass is 222 g/mol. The second-order valence-electron chi connectivity index (χ2n) is 3.27. The van der Waals surface area contributed by atoms with Gasteiger partial charge in [-0.1, -0.05) is 18.2 Å². The van der Waals surface area contributed by atoms with Crippen LogP contribution in [-0.4, -0.2) is 23.5 Å². The lowest BCUT2D eigenvalue weighted by molar-refractivity contribution is -0.121. The molecule has 0 spiro atoms. The average Bonchev–Trinajstić information content (AvgIpc) is 2.27. The third-order valence-corrected chi connectivity index (χ3v) is 2.10. The van der Waals surface area contributed by atoms with Crippen molar-refractivity contribution in [3.05, 3.63) is 35.4 Å².